The van der Waals surface area contributed by atoms with E-state index in [-0.39, 0.29) is 11.5 Å². The molecule has 3 rings (SSSR count). The van der Waals surface area contributed by atoms with Crippen molar-refractivity contribution < 1.29 is 4.74 Å². The van der Waals surface area contributed by atoms with Gasteiger partial charge in [-0.15, -0.1) is 11.6 Å². The van der Waals surface area contributed by atoms with E-state index in [9.17, 15) is 0 Å². The van der Waals surface area contributed by atoms with Crippen LogP contribution < -0.4 is 4.90 Å². The third kappa shape index (κ3) is 3.55. The van der Waals surface area contributed by atoms with Crippen LogP contribution >= 0.6 is 34.2 Å². The number of nitrogens with zero attached hydrogens (tertiary/aromatic N) is 2. The van der Waals surface area contributed by atoms with Crippen molar-refractivity contribution in [3.8, 4) is 0 Å². The van der Waals surface area contributed by atoms with E-state index in [0.717, 1.165) is 31.0 Å². The van der Waals surface area contributed by atoms with Crippen LogP contribution in [0.2, 0.25) is 0 Å². The molecular formula is C17H18ClIN2O. The smallest absolute Gasteiger partial charge is 0.129 e. The topological polar surface area (TPSA) is 25.4 Å². The summed E-state index contributed by atoms with van der Waals surface area (Å²) in [6.45, 7) is 1.57. The van der Waals surface area contributed by atoms with E-state index >= 15 is 0 Å². The van der Waals surface area contributed by atoms with Gasteiger partial charge in [-0.3, -0.25) is 0 Å². The van der Waals surface area contributed by atoms with Gasteiger partial charge in [-0.2, -0.15) is 0 Å². The first kappa shape index (κ1) is 16.0. The summed E-state index contributed by atoms with van der Waals surface area (Å²) >= 11 is 8.68. The number of benzene rings is 1. The molecule has 0 spiro atoms. The Kier molecular flexibility index (Phi) is 5.21. The zero-order valence-electron chi connectivity index (χ0n) is 12.4. The maximum absolute atomic E-state index is 6.33. The molecule has 1 aromatic heterocycles. The van der Waals surface area contributed by atoms with Crippen LogP contribution in [0.4, 0.5) is 5.82 Å². The first-order chi connectivity index (χ1) is 10.7. The van der Waals surface area contributed by atoms with Crippen molar-refractivity contribution in [3.63, 3.8) is 0 Å². The van der Waals surface area contributed by atoms with Crippen LogP contribution in [0, 0.1) is 3.57 Å². The summed E-state index contributed by atoms with van der Waals surface area (Å²) in [5.41, 5.74) is 2.38. The third-order valence-corrected chi connectivity index (χ3v) is 5.34. The first-order valence-corrected chi connectivity index (χ1v) is 8.80. The third-order valence-electron chi connectivity index (χ3n) is 3.94. The number of ether oxygens (including phenoxy) is 1. The van der Waals surface area contributed by atoms with Gasteiger partial charge in [0.05, 0.1) is 17.2 Å². The number of anilines is 1. The molecule has 0 saturated carbocycles. The Hall–Kier alpha value is -0.850. The average molecular weight is 429 g/mol. The van der Waals surface area contributed by atoms with Gasteiger partial charge in [-0.25, -0.2) is 4.98 Å². The van der Waals surface area contributed by atoms with Gasteiger partial charge < -0.3 is 9.64 Å². The van der Waals surface area contributed by atoms with Crippen molar-refractivity contribution in [1.29, 1.82) is 0 Å². The Balaban J connectivity index is 1.81. The van der Waals surface area contributed by atoms with Crippen LogP contribution in [0.1, 0.15) is 11.3 Å². The van der Waals surface area contributed by atoms with Crippen molar-refractivity contribution in [2.75, 3.05) is 25.1 Å². The molecule has 2 heterocycles. The molecule has 0 amide bonds. The number of pyridine rings is 1. The summed E-state index contributed by atoms with van der Waals surface area (Å²) in [5.74, 6) is 0.983. The molecule has 0 radical (unpaired) electrons. The lowest BCUT2D eigenvalue weighted by molar-refractivity contribution is 0.123. The first-order valence-electron chi connectivity index (χ1n) is 7.28. The Morgan fingerprint density at radius 2 is 2.00 bits per heavy atom. The number of rotatable bonds is 4. The van der Waals surface area contributed by atoms with Crippen molar-refractivity contribution in [3.05, 3.63) is 57.3 Å². The fraction of sp³-hybridized carbons (Fsp3) is 0.353. The predicted molar refractivity (Wildman–Crippen MR) is 98.9 cm³/mol. The zero-order valence-corrected chi connectivity index (χ0v) is 15.3. The second kappa shape index (κ2) is 7.15. The summed E-state index contributed by atoms with van der Waals surface area (Å²) in [6, 6.07) is 14.6. The molecule has 1 aromatic carbocycles. The number of hydrogen-bond donors (Lipinski definition) is 0. The summed E-state index contributed by atoms with van der Waals surface area (Å²) < 4.78 is 6.61. The van der Waals surface area contributed by atoms with E-state index in [1.165, 1.54) is 9.13 Å². The lowest BCUT2D eigenvalue weighted by atomic mass is 10.1. The van der Waals surface area contributed by atoms with Crippen LogP contribution in [-0.2, 0) is 11.2 Å². The van der Waals surface area contributed by atoms with Gasteiger partial charge >= 0.3 is 0 Å². The summed E-state index contributed by atoms with van der Waals surface area (Å²) in [7, 11) is 1.71. The highest BCUT2D eigenvalue weighted by Gasteiger charge is 2.32. The van der Waals surface area contributed by atoms with Gasteiger partial charge in [0.15, 0.2) is 0 Å². The molecule has 1 fully saturated rings. The lowest BCUT2D eigenvalue weighted by Gasteiger charge is -2.18. The second-order valence-electron chi connectivity index (χ2n) is 5.46. The van der Waals surface area contributed by atoms with E-state index in [4.69, 9.17) is 21.3 Å². The van der Waals surface area contributed by atoms with Crippen LogP contribution in [0.25, 0.3) is 0 Å². The van der Waals surface area contributed by atoms with Crippen LogP contribution in [0.3, 0.4) is 0 Å². The van der Waals surface area contributed by atoms with Crippen molar-refractivity contribution in [2.24, 2.45) is 0 Å². The molecule has 1 aliphatic heterocycles. The van der Waals surface area contributed by atoms with E-state index in [1.807, 2.05) is 6.07 Å². The Labute approximate surface area is 149 Å². The number of halogens is 2. The molecule has 22 heavy (non-hydrogen) atoms. The lowest BCUT2D eigenvalue weighted by Crippen LogP contribution is -2.23. The standard InChI is InChI=1S/C17H18ClIN2O/c1-22-16-11-21(10-13(16)18)17-8-7-14(19)15(20-17)9-12-5-3-2-4-6-12/h2-8,13,16H,9-11H2,1H3/t13-,16+/m0/s1. The van der Waals surface area contributed by atoms with E-state index in [1.54, 1.807) is 7.11 Å². The molecule has 0 bridgehead atoms. The van der Waals surface area contributed by atoms with E-state index in [0.29, 0.717) is 0 Å². The Bertz CT molecular complexity index is 638. The minimum Gasteiger partial charge on any atom is -0.378 e. The normalized spacial score (nSPS) is 21.3. The van der Waals surface area contributed by atoms with E-state index < -0.39 is 0 Å². The number of hydrogen-bond acceptors (Lipinski definition) is 3. The number of methoxy groups -OCH3 is 1. The number of alkyl halides is 1. The molecular weight excluding hydrogens is 411 g/mol. The molecule has 2 aromatic rings. The van der Waals surface area contributed by atoms with Crippen molar-refractivity contribution in [1.82, 2.24) is 4.98 Å². The minimum absolute atomic E-state index is 0.0173. The van der Waals surface area contributed by atoms with Crippen LogP contribution in [-0.4, -0.2) is 36.7 Å². The van der Waals surface area contributed by atoms with Crippen LogP contribution in [0.5, 0.6) is 0 Å². The van der Waals surface area contributed by atoms with Gasteiger partial charge in [0.25, 0.3) is 0 Å². The molecule has 3 nitrogen and oxygen atoms in total. The average Bonchev–Trinajstić information content (AvgIpc) is 2.91. The van der Waals surface area contributed by atoms with Gasteiger partial charge in [0.1, 0.15) is 5.82 Å². The Morgan fingerprint density at radius 3 is 2.68 bits per heavy atom. The van der Waals surface area contributed by atoms with Crippen molar-refractivity contribution in [2.45, 2.75) is 17.9 Å². The molecule has 5 heteroatoms. The fourth-order valence-corrected chi connectivity index (χ4v) is 3.55. The largest absolute Gasteiger partial charge is 0.378 e. The quantitative estimate of drug-likeness (QED) is 0.548. The molecule has 116 valence electrons. The zero-order chi connectivity index (χ0) is 15.5. The minimum atomic E-state index is 0.0173. The summed E-state index contributed by atoms with van der Waals surface area (Å²) in [4.78, 5) is 7.06. The fourth-order valence-electron chi connectivity index (χ4n) is 2.71. The predicted octanol–water partition coefficient (Wildman–Crippen LogP) is 3.72. The molecule has 0 N–H and O–H groups in total. The monoisotopic (exact) mass is 428 g/mol. The van der Waals surface area contributed by atoms with Gasteiger partial charge in [0.2, 0.25) is 0 Å². The molecule has 2 atom stereocenters. The summed E-state index contributed by atoms with van der Waals surface area (Å²) in [6.07, 6.45) is 0.916. The van der Waals surface area contributed by atoms with Gasteiger partial charge in [-0.1, -0.05) is 30.3 Å². The molecule has 0 unspecified atom stereocenters. The SMILES string of the molecule is CO[C@@H]1CN(c2ccc(I)c(Cc3ccccc3)n2)C[C@@H]1Cl. The van der Waals surface area contributed by atoms with E-state index in [2.05, 4.69) is 63.9 Å². The highest BCUT2D eigenvalue weighted by molar-refractivity contribution is 14.1. The van der Waals surface area contributed by atoms with Gasteiger partial charge in [0, 0.05) is 30.2 Å². The van der Waals surface area contributed by atoms with Gasteiger partial charge in [-0.05, 0) is 40.3 Å². The maximum atomic E-state index is 6.33. The summed E-state index contributed by atoms with van der Waals surface area (Å²) in [5, 5.41) is 0.0173. The maximum Gasteiger partial charge on any atom is 0.129 e. The number of aromatic nitrogens is 1. The highest BCUT2D eigenvalue weighted by atomic mass is 127. The van der Waals surface area contributed by atoms with Crippen LogP contribution in [0.15, 0.2) is 42.5 Å². The van der Waals surface area contributed by atoms with Crippen molar-refractivity contribution >= 4 is 40.0 Å². The molecule has 1 aliphatic rings. The molecule has 1 saturated heterocycles. The molecule has 0 aliphatic carbocycles. The Morgan fingerprint density at radius 1 is 1.23 bits per heavy atom. The second-order valence-corrected chi connectivity index (χ2v) is 7.18. The highest BCUT2D eigenvalue weighted by Crippen LogP contribution is 2.25.